The fourth-order valence-electron chi connectivity index (χ4n) is 1.21. The molecule has 2 atom stereocenters. The first kappa shape index (κ1) is 11.6. The van der Waals surface area contributed by atoms with Crippen LogP contribution in [0.4, 0.5) is 0 Å². The molecule has 1 aromatic rings. The molecule has 84 valence electrons. The number of carbonyl (C=O) groups is 1. The topological polar surface area (TPSA) is 80.9 Å². The average molecular weight is 212 g/mol. The van der Waals surface area contributed by atoms with E-state index in [1.54, 1.807) is 6.92 Å². The second-order valence-corrected chi connectivity index (χ2v) is 3.77. The third kappa shape index (κ3) is 2.74. The molecule has 2 unspecified atom stereocenters. The smallest absolute Gasteiger partial charge is 0.328 e. The van der Waals surface area contributed by atoms with Crippen molar-refractivity contribution >= 4 is 5.97 Å². The van der Waals surface area contributed by atoms with E-state index in [0.29, 0.717) is 18.2 Å². The molecule has 0 spiro atoms. The molecule has 0 aromatic carbocycles. The Bertz CT molecular complexity index is 337. The summed E-state index contributed by atoms with van der Waals surface area (Å²) in [6.45, 7) is 5.74. The molecule has 0 radical (unpaired) electrons. The Morgan fingerprint density at radius 3 is 2.73 bits per heavy atom. The number of rotatable bonds is 5. The summed E-state index contributed by atoms with van der Waals surface area (Å²) in [6, 6.07) is -0.709. The minimum Gasteiger partial charge on any atom is -0.480 e. The third-order valence-corrected chi connectivity index (χ3v) is 2.51. The molecule has 6 nitrogen and oxygen atoms in total. The van der Waals surface area contributed by atoms with Gasteiger partial charge in [0.05, 0.1) is 0 Å². The maximum absolute atomic E-state index is 10.8. The van der Waals surface area contributed by atoms with E-state index in [9.17, 15) is 4.79 Å². The van der Waals surface area contributed by atoms with Crippen molar-refractivity contribution in [1.82, 2.24) is 20.2 Å². The van der Waals surface area contributed by atoms with Crippen LogP contribution in [-0.4, -0.2) is 31.3 Å². The molecule has 1 rings (SSSR count). The second-order valence-electron chi connectivity index (χ2n) is 3.77. The molecule has 15 heavy (non-hydrogen) atoms. The van der Waals surface area contributed by atoms with Crippen LogP contribution in [0.15, 0.2) is 0 Å². The van der Waals surface area contributed by atoms with Gasteiger partial charge in [0.2, 0.25) is 0 Å². The van der Waals surface area contributed by atoms with Gasteiger partial charge in [-0.25, -0.2) is 9.48 Å². The maximum Gasteiger partial charge on any atom is 0.328 e. The lowest BCUT2D eigenvalue weighted by Crippen LogP contribution is -2.20. The van der Waals surface area contributed by atoms with Gasteiger partial charge in [-0.05, 0) is 23.3 Å². The molecule has 0 aliphatic rings. The summed E-state index contributed by atoms with van der Waals surface area (Å²) in [6.07, 6.45) is 1.73. The summed E-state index contributed by atoms with van der Waals surface area (Å²) in [5, 5.41) is 19.9. The van der Waals surface area contributed by atoms with Crippen molar-refractivity contribution in [3.63, 3.8) is 0 Å². The average Bonchev–Trinajstić information content (AvgIpc) is 2.64. The zero-order valence-electron chi connectivity index (χ0n) is 9.21. The van der Waals surface area contributed by atoms with Gasteiger partial charge >= 0.3 is 5.97 Å². The maximum atomic E-state index is 10.8. The molecule has 1 heterocycles. The van der Waals surface area contributed by atoms with Crippen molar-refractivity contribution in [3.05, 3.63) is 5.82 Å². The fourth-order valence-corrected chi connectivity index (χ4v) is 1.21. The largest absolute Gasteiger partial charge is 0.480 e. The predicted molar refractivity (Wildman–Crippen MR) is 53.3 cm³/mol. The molecule has 0 bridgehead atoms. The second kappa shape index (κ2) is 4.86. The minimum absolute atomic E-state index is 0.454. The van der Waals surface area contributed by atoms with Crippen molar-refractivity contribution < 1.29 is 9.90 Å². The highest BCUT2D eigenvalue weighted by Gasteiger charge is 2.19. The van der Waals surface area contributed by atoms with Crippen molar-refractivity contribution in [2.45, 2.75) is 39.7 Å². The lowest BCUT2D eigenvalue weighted by Gasteiger charge is -2.11. The van der Waals surface area contributed by atoms with Crippen LogP contribution in [0.25, 0.3) is 0 Å². The number of carboxylic acids is 1. The molecular formula is C9H16N4O2. The predicted octanol–water partition coefficient (Wildman–Crippen LogP) is 0.907. The highest BCUT2D eigenvalue weighted by Crippen LogP contribution is 2.12. The molecule has 0 aliphatic carbocycles. The van der Waals surface area contributed by atoms with Gasteiger partial charge in [0.15, 0.2) is 5.82 Å². The lowest BCUT2D eigenvalue weighted by molar-refractivity contribution is -0.140. The number of hydrogen-bond donors (Lipinski definition) is 1. The molecule has 0 amide bonds. The van der Waals surface area contributed by atoms with E-state index < -0.39 is 12.0 Å². The number of carboxylic acid groups (broad SMARTS) is 1. The van der Waals surface area contributed by atoms with E-state index in [1.807, 2.05) is 0 Å². The Balaban J connectivity index is 2.82. The van der Waals surface area contributed by atoms with Crippen LogP contribution in [-0.2, 0) is 11.2 Å². The summed E-state index contributed by atoms with van der Waals surface area (Å²) >= 11 is 0. The number of aliphatic carboxylic acids is 1. The first-order chi connectivity index (χ1) is 7.06. The highest BCUT2D eigenvalue weighted by atomic mass is 16.4. The van der Waals surface area contributed by atoms with Crippen LogP contribution in [0, 0.1) is 5.92 Å². The fraction of sp³-hybridized carbons (Fsp3) is 0.778. The molecule has 0 fully saturated rings. The lowest BCUT2D eigenvalue weighted by atomic mass is 10.1. The first-order valence-electron chi connectivity index (χ1n) is 5.05. The van der Waals surface area contributed by atoms with Crippen LogP contribution >= 0.6 is 0 Å². The number of hydrogen-bond acceptors (Lipinski definition) is 4. The van der Waals surface area contributed by atoms with Gasteiger partial charge < -0.3 is 5.11 Å². The van der Waals surface area contributed by atoms with Gasteiger partial charge in [0.25, 0.3) is 0 Å². The Morgan fingerprint density at radius 1 is 1.53 bits per heavy atom. The third-order valence-electron chi connectivity index (χ3n) is 2.51. The number of tetrazole rings is 1. The monoisotopic (exact) mass is 212 g/mol. The van der Waals surface area contributed by atoms with Crippen LogP contribution in [0.2, 0.25) is 0 Å². The van der Waals surface area contributed by atoms with E-state index in [1.165, 1.54) is 4.68 Å². The standard InChI is InChI=1S/C9H16N4O2/c1-4-6(2)5-8-10-11-12-13(8)7(3)9(14)15/h6-7H,4-5H2,1-3H3,(H,14,15). The van der Waals surface area contributed by atoms with Gasteiger partial charge in [-0.3, -0.25) is 0 Å². The van der Waals surface area contributed by atoms with Crippen LogP contribution in [0.3, 0.4) is 0 Å². The summed E-state index contributed by atoms with van der Waals surface area (Å²) in [7, 11) is 0. The quantitative estimate of drug-likeness (QED) is 0.784. The Kier molecular flexibility index (Phi) is 3.76. The van der Waals surface area contributed by atoms with Gasteiger partial charge in [-0.1, -0.05) is 20.3 Å². The van der Waals surface area contributed by atoms with Crippen molar-refractivity contribution in [2.24, 2.45) is 5.92 Å². The molecule has 0 saturated heterocycles. The molecule has 0 aliphatic heterocycles. The van der Waals surface area contributed by atoms with Crippen LogP contribution in [0.1, 0.15) is 39.1 Å². The van der Waals surface area contributed by atoms with E-state index in [4.69, 9.17) is 5.11 Å². The summed E-state index contributed by atoms with van der Waals surface area (Å²) in [5.74, 6) is 0.169. The number of aromatic nitrogens is 4. The van der Waals surface area contributed by atoms with E-state index >= 15 is 0 Å². The van der Waals surface area contributed by atoms with Crippen molar-refractivity contribution in [1.29, 1.82) is 0 Å². The first-order valence-corrected chi connectivity index (χ1v) is 5.05. The Labute approximate surface area is 88.3 Å². The zero-order chi connectivity index (χ0) is 11.4. The molecule has 0 saturated carbocycles. The van der Waals surface area contributed by atoms with Crippen molar-refractivity contribution in [3.8, 4) is 0 Å². The van der Waals surface area contributed by atoms with Crippen LogP contribution < -0.4 is 0 Å². The summed E-state index contributed by atoms with van der Waals surface area (Å²) < 4.78 is 1.37. The SMILES string of the molecule is CCC(C)Cc1nnnn1C(C)C(=O)O. The van der Waals surface area contributed by atoms with E-state index in [2.05, 4.69) is 29.4 Å². The Morgan fingerprint density at radius 2 is 2.20 bits per heavy atom. The van der Waals surface area contributed by atoms with Gasteiger partial charge in [-0.2, -0.15) is 0 Å². The van der Waals surface area contributed by atoms with Gasteiger partial charge in [0, 0.05) is 6.42 Å². The van der Waals surface area contributed by atoms with E-state index in [0.717, 1.165) is 6.42 Å². The Hall–Kier alpha value is -1.46. The van der Waals surface area contributed by atoms with Crippen LogP contribution in [0.5, 0.6) is 0 Å². The zero-order valence-corrected chi connectivity index (χ0v) is 9.21. The van der Waals surface area contributed by atoms with E-state index in [-0.39, 0.29) is 0 Å². The van der Waals surface area contributed by atoms with Crippen molar-refractivity contribution in [2.75, 3.05) is 0 Å². The highest BCUT2D eigenvalue weighted by molar-refractivity contribution is 5.71. The molecular weight excluding hydrogens is 196 g/mol. The minimum atomic E-state index is -0.923. The summed E-state index contributed by atoms with van der Waals surface area (Å²) in [5.41, 5.74) is 0. The molecule has 1 aromatic heterocycles. The normalized spacial score (nSPS) is 14.9. The van der Waals surface area contributed by atoms with Gasteiger partial charge in [-0.15, -0.1) is 5.10 Å². The summed E-state index contributed by atoms with van der Waals surface area (Å²) in [4.78, 5) is 10.8. The number of nitrogens with zero attached hydrogens (tertiary/aromatic N) is 4. The van der Waals surface area contributed by atoms with Gasteiger partial charge in [0.1, 0.15) is 6.04 Å². The molecule has 1 N–H and O–H groups in total. The molecule has 6 heteroatoms.